The lowest BCUT2D eigenvalue weighted by molar-refractivity contribution is -0.384. The van der Waals surface area contributed by atoms with Crippen molar-refractivity contribution in [3.05, 3.63) is 123 Å². The summed E-state index contributed by atoms with van der Waals surface area (Å²) in [6.45, 7) is 11.9. The molecule has 0 fully saturated rings. The van der Waals surface area contributed by atoms with Gasteiger partial charge in [0.25, 0.3) is 11.6 Å². The van der Waals surface area contributed by atoms with E-state index in [9.17, 15) is 14.9 Å². The Morgan fingerprint density at radius 3 is 1.86 bits per heavy atom. The van der Waals surface area contributed by atoms with Crippen molar-refractivity contribution in [3.63, 3.8) is 0 Å². The number of hydrogen-bond acceptors (Lipinski definition) is 7. The van der Waals surface area contributed by atoms with Crippen molar-refractivity contribution >= 4 is 29.2 Å². The van der Waals surface area contributed by atoms with E-state index < -0.39 is 10.5 Å². The zero-order valence-corrected chi connectivity index (χ0v) is 25.4. The fourth-order valence-electron chi connectivity index (χ4n) is 6.45. The minimum absolute atomic E-state index is 0.0106. The molecule has 0 aromatic heterocycles. The van der Waals surface area contributed by atoms with Crippen LogP contribution in [0, 0.1) is 10.1 Å². The van der Waals surface area contributed by atoms with Gasteiger partial charge in [0.1, 0.15) is 17.0 Å². The summed E-state index contributed by atoms with van der Waals surface area (Å²) in [5.74, 6) is 1.09. The fourth-order valence-corrected chi connectivity index (χ4v) is 6.45. The van der Waals surface area contributed by atoms with E-state index in [1.165, 1.54) is 12.1 Å². The fraction of sp³-hybridized carbons (Fsp3) is 0.257. The van der Waals surface area contributed by atoms with Gasteiger partial charge in [0, 0.05) is 84.1 Å². The number of hydrogen-bond donors (Lipinski definition) is 0. The normalized spacial score (nSPS) is 14.3. The molecule has 2 aliphatic heterocycles. The van der Waals surface area contributed by atoms with Gasteiger partial charge < -0.3 is 14.5 Å². The summed E-state index contributed by atoms with van der Waals surface area (Å²) in [6, 6.07) is 26.1. The number of anilines is 2. The summed E-state index contributed by atoms with van der Waals surface area (Å²) >= 11 is 0. The summed E-state index contributed by atoms with van der Waals surface area (Å²) in [7, 11) is 0. The van der Waals surface area contributed by atoms with Crippen molar-refractivity contribution in [3.8, 4) is 11.5 Å². The zero-order valence-electron chi connectivity index (χ0n) is 25.4. The highest BCUT2D eigenvalue weighted by atomic mass is 16.6. The van der Waals surface area contributed by atoms with E-state index in [-0.39, 0.29) is 11.6 Å². The second-order valence-electron chi connectivity index (χ2n) is 10.8. The van der Waals surface area contributed by atoms with Crippen molar-refractivity contribution in [2.75, 3.05) is 36.0 Å². The monoisotopic (exact) mass is 589 g/mol. The van der Waals surface area contributed by atoms with Crippen molar-refractivity contribution in [1.29, 1.82) is 0 Å². The van der Waals surface area contributed by atoms with Crippen molar-refractivity contribution in [1.82, 2.24) is 5.01 Å². The van der Waals surface area contributed by atoms with Gasteiger partial charge in [-0.05, 0) is 63.6 Å². The highest BCUT2D eigenvalue weighted by Gasteiger charge is 2.57. The van der Waals surface area contributed by atoms with Gasteiger partial charge in [0.15, 0.2) is 0 Å². The molecule has 224 valence electrons. The van der Waals surface area contributed by atoms with Crippen molar-refractivity contribution < 1.29 is 14.5 Å². The quantitative estimate of drug-likeness (QED) is 0.117. The Morgan fingerprint density at radius 1 is 0.795 bits per heavy atom. The number of nitro benzene ring substituents is 1. The summed E-state index contributed by atoms with van der Waals surface area (Å²) < 4.78 is 6.71. The smallest absolute Gasteiger partial charge is 0.275 e. The number of amides is 1. The third-order valence-corrected chi connectivity index (χ3v) is 8.67. The lowest BCUT2D eigenvalue weighted by Gasteiger charge is -2.42. The molecular weight excluding hydrogens is 554 g/mol. The Hall–Kier alpha value is -5.18. The van der Waals surface area contributed by atoms with E-state index in [2.05, 4.69) is 61.8 Å². The zero-order chi connectivity index (χ0) is 31.0. The van der Waals surface area contributed by atoms with Gasteiger partial charge in [-0.25, -0.2) is 5.01 Å². The lowest BCUT2D eigenvalue weighted by Crippen LogP contribution is -2.44. The molecule has 1 amide bonds. The maximum Gasteiger partial charge on any atom is 0.275 e. The van der Waals surface area contributed by atoms with Gasteiger partial charge in [-0.1, -0.05) is 30.3 Å². The summed E-state index contributed by atoms with van der Waals surface area (Å²) in [5.41, 5.74) is 4.61. The van der Waals surface area contributed by atoms with E-state index in [0.29, 0.717) is 22.6 Å². The summed E-state index contributed by atoms with van der Waals surface area (Å²) in [5, 5.41) is 17.6. The molecule has 2 aliphatic rings. The van der Waals surface area contributed by atoms with E-state index in [0.717, 1.165) is 54.2 Å². The molecule has 0 unspecified atom stereocenters. The predicted octanol–water partition coefficient (Wildman–Crippen LogP) is 7.17. The third-order valence-electron chi connectivity index (χ3n) is 8.67. The van der Waals surface area contributed by atoms with Crippen LogP contribution in [-0.4, -0.2) is 48.2 Å². The number of carbonyl (C=O) groups is 1. The average molecular weight is 590 g/mol. The minimum Gasteiger partial charge on any atom is -0.456 e. The van der Waals surface area contributed by atoms with E-state index in [1.54, 1.807) is 23.4 Å². The van der Waals surface area contributed by atoms with Crippen LogP contribution < -0.4 is 14.5 Å². The maximum absolute atomic E-state index is 14.3. The highest BCUT2D eigenvalue weighted by Crippen LogP contribution is 2.58. The molecule has 4 aromatic rings. The van der Waals surface area contributed by atoms with Gasteiger partial charge in [-0.2, -0.15) is 5.10 Å². The molecule has 4 aromatic carbocycles. The van der Waals surface area contributed by atoms with Crippen molar-refractivity contribution in [2.45, 2.75) is 33.2 Å². The van der Waals surface area contributed by atoms with Crippen LogP contribution in [0.25, 0.3) is 0 Å². The topological polar surface area (TPSA) is 91.5 Å². The molecular formula is C35H35N5O4. The Morgan fingerprint density at radius 2 is 1.34 bits per heavy atom. The summed E-state index contributed by atoms with van der Waals surface area (Å²) in [6.07, 6.45) is 1.58. The Balaban J connectivity index is 1.61. The highest BCUT2D eigenvalue weighted by molar-refractivity contribution is 6.03. The van der Waals surface area contributed by atoms with Crippen LogP contribution in [0.2, 0.25) is 0 Å². The number of non-ortho nitro benzene ring substituents is 1. The van der Waals surface area contributed by atoms with E-state index in [1.807, 2.05) is 36.4 Å². The second kappa shape index (κ2) is 11.5. The Labute approximate surface area is 257 Å². The molecule has 9 nitrogen and oxygen atoms in total. The first kappa shape index (κ1) is 28.9. The van der Waals surface area contributed by atoms with Crippen LogP contribution in [0.15, 0.2) is 90.0 Å². The number of fused-ring (bicyclic) bond motifs is 6. The molecule has 2 heterocycles. The SMILES string of the molecule is CCN(CC)c1ccc2c(c1)Oc1cc(N(CC)CC)ccc1C21c2ccccc2C(=O)N1/N=C/c1ccc([N+](=O)[O-])cc1. The number of nitrogens with zero attached hydrogens (tertiary/aromatic N) is 5. The van der Waals surface area contributed by atoms with Crippen LogP contribution in [0.3, 0.4) is 0 Å². The number of rotatable bonds is 9. The average Bonchev–Trinajstić information content (AvgIpc) is 3.29. The minimum atomic E-state index is -1.10. The Kier molecular flexibility index (Phi) is 7.55. The van der Waals surface area contributed by atoms with E-state index >= 15 is 0 Å². The molecule has 44 heavy (non-hydrogen) atoms. The molecule has 1 spiro atoms. The standard InChI is InChI=1S/C35H35N5O4/c1-5-37(6-2)26-17-19-30-32(21-26)44-33-22-27(38(7-3)8-4)18-20-31(33)35(30)29-12-10-9-11-28(29)34(41)39(35)36-23-24-13-15-25(16-14-24)40(42)43/h9-23H,5-8H2,1-4H3/b36-23+. The number of nitro groups is 1. The third kappa shape index (κ3) is 4.47. The van der Waals surface area contributed by atoms with Gasteiger partial charge in [-0.3, -0.25) is 14.9 Å². The molecule has 0 bridgehead atoms. The molecule has 0 saturated carbocycles. The Bertz CT molecular complexity index is 1700. The van der Waals surface area contributed by atoms with Gasteiger partial charge in [0.2, 0.25) is 0 Å². The first-order valence-electron chi connectivity index (χ1n) is 15.1. The van der Waals surface area contributed by atoms with Gasteiger partial charge in [-0.15, -0.1) is 0 Å². The number of ether oxygens (including phenoxy) is 1. The molecule has 0 saturated heterocycles. The number of hydrazone groups is 1. The van der Waals surface area contributed by atoms with Gasteiger partial charge in [0.05, 0.1) is 11.1 Å². The molecule has 9 heteroatoms. The lowest BCUT2D eigenvalue weighted by atomic mass is 9.75. The van der Waals surface area contributed by atoms with Crippen LogP contribution in [0.1, 0.15) is 60.3 Å². The van der Waals surface area contributed by atoms with Gasteiger partial charge >= 0.3 is 0 Å². The second-order valence-corrected chi connectivity index (χ2v) is 10.8. The predicted molar refractivity (Wildman–Crippen MR) is 173 cm³/mol. The number of benzene rings is 4. The van der Waals surface area contributed by atoms with Crippen LogP contribution >= 0.6 is 0 Å². The molecule has 0 N–H and O–H groups in total. The first-order valence-corrected chi connectivity index (χ1v) is 15.1. The molecule has 0 atom stereocenters. The van der Waals surface area contributed by atoms with Crippen molar-refractivity contribution in [2.24, 2.45) is 5.10 Å². The molecule has 6 rings (SSSR count). The maximum atomic E-state index is 14.3. The number of carbonyl (C=O) groups excluding carboxylic acids is 1. The van der Waals surface area contributed by atoms with E-state index in [4.69, 9.17) is 9.84 Å². The van der Waals surface area contributed by atoms with Crippen LogP contribution in [0.5, 0.6) is 11.5 Å². The molecule has 0 radical (unpaired) electrons. The first-order chi connectivity index (χ1) is 21.4. The van der Waals surface area contributed by atoms with Crippen LogP contribution in [0.4, 0.5) is 17.1 Å². The largest absolute Gasteiger partial charge is 0.456 e. The summed E-state index contributed by atoms with van der Waals surface area (Å²) in [4.78, 5) is 29.5. The molecule has 0 aliphatic carbocycles. The van der Waals surface area contributed by atoms with Crippen LogP contribution in [-0.2, 0) is 5.54 Å².